The molecule has 0 aliphatic rings. The third-order valence-corrected chi connectivity index (χ3v) is 6.42. The summed E-state index contributed by atoms with van der Waals surface area (Å²) in [6.45, 7) is 2.71. The standard InChI is InChI=1S/C26H41F3INO2/c1-2-3-4-5-6-7-8-9-10-11-12-13-14-15-16-17-20-31-25(32)23-21-22(26(27,28)29)18-19-24(23)33-30/h18-19,21H,2-17,20H2,1H3,(H,31,32). The SMILES string of the molecule is CCCCCCCCCCCCCCCCCCNC(=O)c1cc(C(F)(F)F)ccc1OI. The zero-order chi connectivity index (χ0) is 24.4. The molecule has 0 heterocycles. The number of unbranched alkanes of at least 4 members (excludes halogenated alkanes) is 15. The van der Waals surface area contributed by atoms with Crippen molar-refractivity contribution in [2.24, 2.45) is 0 Å². The second kappa shape index (κ2) is 18.4. The summed E-state index contributed by atoms with van der Waals surface area (Å²) in [6, 6.07) is 2.94. The van der Waals surface area contributed by atoms with Gasteiger partial charge >= 0.3 is 6.18 Å². The van der Waals surface area contributed by atoms with Gasteiger partial charge in [0, 0.05) is 6.54 Å². The molecule has 0 spiro atoms. The van der Waals surface area contributed by atoms with E-state index < -0.39 is 17.6 Å². The average Bonchev–Trinajstić information content (AvgIpc) is 2.79. The van der Waals surface area contributed by atoms with Gasteiger partial charge in [-0.15, -0.1) is 0 Å². The minimum Gasteiger partial charge on any atom is -0.427 e. The Morgan fingerprint density at radius 2 is 1.27 bits per heavy atom. The highest BCUT2D eigenvalue weighted by atomic mass is 127. The molecule has 1 N–H and O–H groups in total. The average molecular weight is 584 g/mol. The zero-order valence-corrected chi connectivity index (χ0v) is 22.2. The Kier molecular flexibility index (Phi) is 16.7. The molecule has 0 fully saturated rings. The Balaban J connectivity index is 2.03. The van der Waals surface area contributed by atoms with Crippen LogP contribution in [0.15, 0.2) is 18.2 Å². The van der Waals surface area contributed by atoms with Crippen LogP contribution in [-0.4, -0.2) is 12.5 Å². The van der Waals surface area contributed by atoms with Crippen LogP contribution in [0, 0.1) is 0 Å². The van der Waals surface area contributed by atoms with Gasteiger partial charge in [-0.05, 0) is 24.6 Å². The topological polar surface area (TPSA) is 38.3 Å². The second-order valence-electron chi connectivity index (χ2n) is 8.85. The maximum absolute atomic E-state index is 12.9. The Hall–Kier alpha value is -0.990. The first-order valence-electron chi connectivity index (χ1n) is 12.7. The van der Waals surface area contributed by atoms with Crippen molar-refractivity contribution in [3.05, 3.63) is 29.3 Å². The third-order valence-electron chi connectivity index (χ3n) is 5.95. The van der Waals surface area contributed by atoms with Crippen molar-refractivity contribution in [2.45, 2.75) is 116 Å². The first-order chi connectivity index (χ1) is 15.9. The van der Waals surface area contributed by atoms with E-state index >= 15 is 0 Å². The van der Waals surface area contributed by atoms with E-state index in [0.29, 0.717) is 6.54 Å². The lowest BCUT2D eigenvalue weighted by atomic mass is 10.0. The summed E-state index contributed by atoms with van der Waals surface area (Å²) < 4.78 is 43.8. The van der Waals surface area contributed by atoms with Gasteiger partial charge in [0.05, 0.1) is 11.1 Å². The first-order valence-corrected chi connectivity index (χ1v) is 13.6. The molecule has 1 aromatic rings. The fourth-order valence-electron chi connectivity index (χ4n) is 3.92. The molecule has 1 rings (SSSR count). The number of alkyl halides is 3. The van der Waals surface area contributed by atoms with Crippen molar-refractivity contribution < 1.29 is 21.0 Å². The number of hydrogen-bond donors (Lipinski definition) is 1. The van der Waals surface area contributed by atoms with Crippen LogP contribution in [0.25, 0.3) is 0 Å². The van der Waals surface area contributed by atoms with E-state index in [1.54, 1.807) is 23.0 Å². The fraction of sp³-hybridized carbons (Fsp3) is 0.731. The summed E-state index contributed by atoms with van der Waals surface area (Å²) in [7, 11) is 0. The Morgan fingerprint density at radius 3 is 1.70 bits per heavy atom. The fourth-order valence-corrected chi connectivity index (χ4v) is 4.31. The number of rotatable bonds is 19. The lowest BCUT2D eigenvalue weighted by Gasteiger charge is -2.12. The van der Waals surface area contributed by atoms with Crippen molar-refractivity contribution in [2.75, 3.05) is 6.54 Å². The molecule has 1 amide bonds. The number of benzene rings is 1. The molecule has 0 atom stereocenters. The summed E-state index contributed by atoms with van der Waals surface area (Å²) in [6.07, 6.45) is 15.9. The van der Waals surface area contributed by atoms with Crippen LogP contribution in [0.1, 0.15) is 126 Å². The summed E-state index contributed by atoms with van der Waals surface area (Å²) >= 11 is 1.57. The summed E-state index contributed by atoms with van der Waals surface area (Å²) in [5.74, 6) is -0.401. The highest BCUT2D eigenvalue weighted by Gasteiger charge is 2.32. The Labute approximate surface area is 212 Å². The van der Waals surface area contributed by atoms with E-state index in [2.05, 4.69) is 12.2 Å². The molecule has 3 nitrogen and oxygen atoms in total. The predicted octanol–water partition coefficient (Wildman–Crippen LogP) is 9.43. The van der Waals surface area contributed by atoms with Crippen molar-refractivity contribution >= 4 is 28.9 Å². The van der Waals surface area contributed by atoms with Crippen LogP contribution < -0.4 is 8.38 Å². The molecule has 0 aliphatic carbocycles. The molecule has 0 aromatic heterocycles. The van der Waals surface area contributed by atoms with Gasteiger partial charge in [0.1, 0.15) is 5.75 Å². The molecule has 0 saturated heterocycles. The van der Waals surface area contributed by atoms with Crippen LogP contribution in [0.3, 0.4) is 0 Å². The predicted molar refractivity (Wildman–Crippen MR) is 138 cm³/mol. The highest BCUT2D eigenvalue weighted by Crippen LogP contribution is 2.33. The minimum atomic E-state index is -4.49. The molecule has 33 heavy (non-hydrogen) atoms. The van der Waals surface area contributed by atoms with Crippen LogP contribution in [0.4, 0.5) is 13.2 Å². The van der Waals surface area contributed by atoms with Gasteiger partial charge in [-0.1, -0.05) is 103 Å². The van der Waals surface area contributed by atoms with E-state index in [1.807, 2.05) is 0 Å². The molecule has 0 bridgehead atoms. The summed E-state index contributed by atoms with van der Waals surface area (Å²) in [5.41, 5.74) is -0.942. The second-order valence-corrected chi connectivity index (χ2v) is 9.29. The van der Waals surface area contributed by atoms with Crippen LogP contribution in [0.2, 0.25) is 0 Å². The molecule has 7 heteroatoms. The van der Waals surface area contributed by atoms with Gasteiger partial charge in [-0.25, -0.2) is 0 Å². The lowest BCUT2D eigenvalue weighted by molar-refractivity contribution is -0.137. The van der Waals surface area contributed by atoms with Gasteiger partial charge < -0.3 is 8.38 Å². The number of carbonyl (C=O) groups excluding carboxylic acids is 1. The zero-order valence-electron chi connectivity index (χ0n) is 20.1. The van der Waals surface area contributed by atoms with E-state index in [4.69, 9.17) is 3.07 Å². The highest BCUT2D eigenvalue weighted by molar-refractivity contribution is 14.1. The summed E-state index contributed by atoms with van der Waals surface area (Å²) in [4.78, 5) is 12.3. The van der Waals surface area contributed by atoms with Crippen molar-refractivity contribution in [3.63, 3.8) is 0 Å². The maximum Gasteiger partial charge on any atom is 0.416 e. The van der Waals surface area contributed by atoms with Crippen LogP contribution in [0.5, 0.6) is 5.75 Å². The number of carbonyl (C=O) groups is 1. The summed E-state index contributed by atoms with van der Waals surface area (Å²) in [5, 5.41) is 2.71. The van der Waals surface area contributed by atoms with E-state index in [-0.39, 0.29) is 11.3 Å². The molecule has 0 unspecified atom stereocenters. The lowest BCUT2D eigenvalue weighted by Crippen LogP contribution is -2.25. The quantitative estimate of drug-likeness (QED) is 0.130. The van der Waals surface area contributed by atoms with Gasteiger partial charge in [-0.2, -0.15) is 13.2 Å². The largest absolute Gasteiger partial charge is 0.427 e. The van der Waals surface area contributed by atoms with E-state index in [0.717, 1.165) is 31.4 Å². The number of nitrogens with one attached hydrogen (secondary N) is 1. The Morgan fingerprint density at radius 1 is 0.818 bits per heavy atom. The van der Waals surface area contributed by atoms with Gasteiger partial charge in [0.15, 0.2) is 23.0 Å². The van der Waals surface area contributed by atoms with Gasteiger partial charge in [0.2, 0.25) is 0 Å². The molecule has 190 valence electrons. The number of hydrogen-bond acceptors (Lipinski definition) is 2. The van der Waals surface area contributed by atoms with Crippen molar-refractivity contribution in [3.8, 4) is 5.75 Å². The third kappa shape index (κ3) is 14.1. The molecular weight excluding hydrogens is 542 g/mol. The number of halogens is 4. The number of amides is 1. The van der Waals surface area contributed by atoms with E-state index in [1.165, 1.54) is 89.5 Å². The van der Waals surface area contributed by atoms with Gasteiger partial charge in [0.25, 0.3) is 5.91 Å². The molecular formula is C26H41F3INO2. The molecule has 0 saturated carbocycles. The van der Waals surface area contributed by atoms with Crippen molar-refractivity contribution in [1.29, 1.82) is 0 Å². The monoisotopic (exact) mass is 583 g/mol. The van der Waals surface area contributed by atoms with Crippen LogP contribution >= 0.6 is 23.0 Å². The molecule has 0 radical (unpaired) electrons. The minimum absolute atomic E-state index is 0.0873. The first kappa shape index (κ1) is 30.0. The molecule has 0 aliphatic heterocycles. The smallest absolute Gasteiger partial charge is 0.416 e. The molecule has 1 aromatic carbocycles. The van der Waals surface area contributed by atoms with Crippen molar-refractivity contribution in [1.82, 2.24) is 5.32 Å². The Bertz CT molecular complexity index is 653. The van der Waals surface area contributed by atoms with E-state index in [9.17, 15) is 18.0 Å². The van der Waals surface area contributed by atoms with Gasteiger partial charge in [-0.3, -0.25) is 4.79 Å². The maximum atomic E-state index is 12.9. The van der Waals surface area contributed by atoms with Crippen LogP contribution in [-0.2, 0) is 6.18 Å². The normalized spacial score (nSPS) is 11.5.